The molecule has 0 bridgehead atoms. The lowest BCUT2D eigenvalue weighted by Gasteiger charge is -2.33. The molecule has 0 aliphatic carbocycles. The number of benzene rings is 1. The topological polar surface area (TPSA) is 71.0 Å². The molecule has 0 radical (unpaired) electrons. The van der Waals surface area contributed by atoms with Gasteiger partial charge in [-0.25, -0.2) is 14.4 Å². The molecule has 0 saturated carbocycles. The minimum atomic E-state index is -0.293. The third-order valence-corrected chi connectivity index (χ3v) is 5.40. The number of amides is 1. The molecule has 1 N–H and O–H groups in total. The molecule has 1 aliphatic heterocycles. The summed E-state index contributed by atoms with van der Waals surface area (Å²) in [4.78, 5) is 28.1. The highest BCUT2D eigenvalue weighted by molar-refractivity contribution is 5.79. The van der Waals surface area contributed by atoms with E-state index >= 15 is 0 Å². The second-order valence-corrected chi connectivity index (χ2v) is 7.47. The number of nitrogens with one attached hydrogen (secondary N) is 1. The predicted molar refractivity (Wildman–Crippen MR) is 113 cm³/mol. The van der Waals surface area contributed by atoms with E-state index in [0.717, 1.165) is 42.0 Å². The Balaban J connectivity index is 1.52. The first-order valence-corrected chi connectivity index (χ1v) is 10.1. The number of carbonyl (C=O) groups is 1. The quantitative estimate of drug-likeness (QED) is 0.701. The molecule has 1 saturated heterocycles. The second kappa shape index (κ2) is 8.98. The lowest BCUT2D eigenvalue weighted by molar-refractivity contribution is -0.131. The van der Waals surface area contributed by atoms with Crippen LogP contribution in [0.15, 0.2) is 54.9 Å². The third-order valence-electron chi connectivity index (χ3n) is 5.40. The van der Waals surface area contributed by atoms with Gasteiger partial charge in [0.05, 0.1) is 12.1 Å². The van der Waals surface area contributed by atoms with E-state index < -0.39 is 0 Å². The van der Waals surface area contributed by atoms with E-state index in [1.807, 2.05) is 30.1 Å². The number of pyridine rings is 1. The number of likely N-dealkylation sites (tertiary alicyclic amines) is 1. The summed E-state index contributed by atoms with van der Waals surface area (Å²) >= 11 is 0. The van der Waals surface area contributed by atoms with Crippen LogP contribution in [0.25, 0.3) is 11.4 Å². The SMILES string of the molecule is CNc1cc([C@H]2CCCN(C(=O)Cc3ccc(F)cc3)C2)nc(-c2ccncc2)n1. The fourth-order valence-corrected chi connectivity index (χ4v) is 3.77. The first-order chi connectivity index (χ1) is 14.6. The van der Waals surface area contributed by atoms with E-state index in [-0.39, 0.29) is 24.1 Å². The van der Waals surface area contributed by atoms with E-state index in [4.69, 9.17) is 4.98 Å². The van der Waals surface area contributed by atoms with E-state index in [9.17, 15) is 9.18 Å². The van der Waals surface area contributed by atoms with Crippen LogP contribution in [0.2, 0.25) is 0 Å². The van der Waals surface area contributed by atoms with Crippen LogP contribution in [0.1, 0.15) is 30.0 Å². The van der Waals surface area contributed by atoms with Crippen molar-refractivity contribution in [1.29, 1.82) is 0 Å². The van der Waals surface area contributed by atoms with Crippen LogP contribution in [-0.2, 0) is 11.2 Å². The van der Waals surface area contributed by atoms with Gasteiger partial charge in [-0.2, -0.15) is 0 Å². The van der Waals surface area contributed by atoms with Gasteiger partial charge in [0.2, 0.25) is 5.91 Å². The molecule has 1 aromatic carbocycles. The molecule has 2 aromatic heterocycles. The van der Waals surface area contributed by atoms with Gasteiger partial charge in [-0.1, -0.05) is 12.1 Å². The van der Waals surface area contributed by atoms with E-state index in [1.165, 1.54) is 12.1 Å². The van der Waals surface area contributed by atoms with Crippen molar-refractivity contribution < 1.29 is 9.18 Å². The van der Waals surface area contributed by atoms with Gasteiger partial charge in [0.25, 0.3) is 0 Å². The smallest absolute Gasteiger partial charge is 0.227 e. The average Bonchev–Trinajstić information content (AvgIpc) is 2.81. The molecule has 0 spiro atoms. The Hall–Kier alpha value is -3.35. The molecule has 7 heteroatoms. The number of anilines is 1. The molecule has 4 rings (SSSR count). The monoisotopic (exact) mass is 405 g/mol. The molecule has 0 unspecified atom stereocenters. The molecule has 1 amide bonds. The lowest BCUT2D eigenvalue weighted by atomic mass is 9.93. The molecular formula is C23H24FN5O. The standard InChI is InChI=1S/C23H24FN5O/c1-25-21-14-20(27-23(28-21)17-8-10-26-11-9-17)18-3-2-12-29(15-18)22(30)13-16-4-6-19(24)7-5-16/h4-11,14,18H,2-3,12-13,15H2,1H3,(H,25,27,28)/t18-/m0/s1. The van der Waals surface area contributed by atoms with Gasteiger partial charge in [0, 0.05) is 50.1 Å². The van der Waals surface area contributed by atoms with Crippen molar-refractivity contribution in [3.63, 3.8) is 0 Å². The lowest BCUT2D eigenvalue weighted by Crippen LogP contribution is -2.40. The highest BCUT2D eigenvalue weighted by Gasteiger charge is 2.26. The van der Waals surface area contributed by atoms with Gasteiger partial charge in [-0.05, 0) is 42.7 Å². The zero-order chi connectivity index (χ0) is 20.9. The minimum absolute atomic E-state index is 0.0589. The van der Waals surface area contributed by atoms with Gasteiger partial charge in [0.1, 0.15) is 11.6 Å². The van der Waals surface area contributed by atoms with Crippen LogP contribution in [0.5, 0.6) is 0 Å². The molecule has 154 valence electrons. The minimum Gasteiger partial charge on any atom is -0.373 e. The predicted octanol–water partition coefficient (Wildman–Crippen LogP) is 3.67. The van der Waals surface area contributed by atoms with Crippen LogP contribution in [0, 0.1) is 5.82 Å². The third kappa shape index (κ3) is 4.62. The summed E-state index contributed by atoms with van der Waals surface area (Å²) in [5.74, 6) is 1.31. The summed E-state index contributed by atoms with van der Waals surface area (Å²) in [7, 11) is 1.84. The molecule has 3 heterocycles. The van der Waals surface area contributed by atoms with E-state index in [1.54, 1.807) is 24.5 Å². The van der Waals surface area contributed by atoms with Crippen molar-refractivity contribution in [2.45, 2.75) is 25.2 Å². The molecule has 3 aromatic rings. The number of halogens is 1. The van der Waals surface area contributed by atoms with Gasteiger partial charge >= 0.3 is 0 Å². The Morgan fingerprint density at radius 2 is 1.93 bits per heavy atom. The van der Waals surface area contributed by atoms with Crippen LogP contribution in [-0.4, -0.2) is 45.9 Å². The van der Waals surface area contributed by atoms with Crippen LogP contribution in [0.3, 0.4) is 0 Å². The summed E-state index contributed by atoms with van der Waals surface area (Å²) in [6, 6.07) is 11.8. The maximum absolute atomic E-state index is 13.1. The van der Waals surface area contributed by atoms with Crippen molar-refractivity contribution in [1.82, 2.24) is 19.9 Å². The van der Waals surface area contributed by atoms with Crippen LogP contribution in [0.4, 0.5) is 10.2 Å². The summed E-state index contributed by atoms with van der Waals surface area (Å²) in [5, 5.41) is 3.11. The van der Waals surface area contributed by atoms with Crippen molar-refractivity contribution >= 4 is 11.7 Å². The number of nitrogens with zero attached hydrogens (tertiary/aromatic N) is 4. The maximum atomic E-state index is 13.1. The molecule has 1 fully saturated rings. The fraction of sp³-hybridized carbons (Fsp3) is 0.304. The van der Waals surface area contributed by atoms with E-state index in [0.29, 0.717) is 12.4 Å². The number of rotatable bonds is 5. The van der Waals surface area contributed by atoms with Crippen molar-refractivity contribution in [2.75, 3.05) is 25.5 Å². The summed E-state index contributed by atoms with van der Waals surface area (Å²) in [6.45, 7) is 1.35. The zero-order valence-electron chi connectivity index (χ0n) is 16.9. The highest BCUT2D eigenvalue weighted by Crippen LogP contribution is 2.29. The Morgan fingerprint density at radius 3 is 2.67 bits per heavy atom. The summed E-state index contributed by atoms with van der Waals surface area (Å²) in [6.07, 6.45) is 5.61. The maximum Gasteiger partial charge on any atom is 0.227 e. The van der Waals surface area contributed by atoms with Crippen molar-refractivity contribution in [3.05, 3.63) is 71.9 Å². The number of piperidine rings is 1. The molecule has 1 atom stereocenters. The summed E-state index contributed by atoms with van der Waals surface area (Å²) in [5.41, 5.74) is 2.66. The first kappa shape index (κ1) is 19.9. The number of carbonyl (C=O) groups excluding carboxylic acids is 1. The Morgan fingerprint density at radius 1 is 1.17 bits per heavy atom. The first-order valence-electron chi connectivity index (χ1n) is 10.1. The van der Waals surface area contributed by atoms with Gasteiger partial charge in [-0.15, -0.1) is 0 Å². The highest BCUT2D eigenvalue weighted by atomic mass is 19.1. The van der Waals surface area contributed by atoms with Gasteiger partial charge in [0.15, 0.2) is 5.82 Å². The normalized spacial score (nSPS) is 16.3. The Bertz CT molecular complexity index is 1010. The van der Waals surface area contributed by atoms with Crippen molar-refractivity contribution in [3.8, 4) is 11.4 Å². The molecule has 6 nitrogen and oxygen atoms in total. The second-order valence-electron chi connectivity index (χ2n) is 7.47. The number of hydrogen-bond donors (Lipinski definition) is 1. The zero-order valence-corrected chi connectivity index (χ0v) is 16.9. The number of hydrogen-bond acceptors (Lipinski definition) is 5. The van der Waals surface area contributed by atoms with Crippen molar-refractivity contribution in [2.24, 2.45) is 0 Å². The number of aromatic nitrogens is 3. The van der Waals surface area contributed by atoms with Crippen LogP contribution >= 0.6 is 0 Å². The van der Waals surface area contributed by atoms with E-state index in [2.05, 4.69) is 15.3 Å². The Labute approximate surface area is 175 Å². The van der Waals surface area contributed by atoms with Gasteiger partial charge < -0.3 is 10.2 Å². The molecular weight excluding hydrogens is 381 g/mol. The average molecular weight is 405 g/mol. The largest absolute Gasteiger partial charge is 0.373 e. The van der Waals surface area contributed by atoms with Gasteiger partial charge in [-0.3, -0.25) is 9.78 Å². The summed E-state index contributed by atoms with van der Waals surface area (Å²) < 4.78 is 13.1. The molecule has 30 heavy (non-hydrogen) atoms. The molecule has 1 aliphatic rings. The fourth-order valence-electron chi connectivity index (χ4n) is 3.77. The Kier molecular flexibility index (Phi) is 5.97. The van der Waals surface area contributed by atoms with Crippen LogP contribution < -0.4 is 5.32 Å².